The van der Waals surface area contributed by atoms with E-state index in [1.54, 1.807) is 19.1 Å². The Kier molecular flexibility index (Phi) is 11.8. The van der Waals surface area contributed by atoms with Gasteiger partial charge in [0.25, 0.3) is 0 Å². The summed E-state index contributed by atoms with van der Waals surface area (Å²) in [5.41, 5.74) is 2.08. The van der Waals surface area contributed by atoms with E-state index in [1.807, 2.05) is 24.5 Å². The van der Waals surface area contributed by atoms with Crippen molar-refractivity contribution < 1.29 is 14.3 Å². The first-order chi connectivity index (χ1) is 15.1. The number of nitrogens with zero attached hydrogens (tertiary/aromatic N) is 2. The minimum absolute atomic E-state index is 0.380. The fraction of sp³-hybridized carbons (Fsp3) is 0.577. The number of benzene rings is 1. The molecule has 0 aliphatic carbocycles. The molecule has 0 spiro atoms. The van der Waals surface area contributed by atoms with Gasteiger partial charge in [-0.05, 0) is 56.0 Å². The summed E-state index contributed by atoms with van der Waals surface area (Å²) in [6, 6.07) is 7.27. The first kappa shape index (κ1) is 25.0. The molecule has 5 heteroatoms. The van der Waals surface area contributed by atoms with Crippen molar-refractivity contribution >= 4 is 5.97 Å². The average Bonchev–Trinajstić information content (AvgIpc) is 2.79. The lowest BCUT2D eigenvalue weighted by Gasteiger charge is -2.12. The zero-order valence-electron chi connectivity index (χ0n) is 19.4. The molecule has 1 heterocycles. The van der Waals surface area contributed by atoms with Gasteiger partial charge in [0, 0.05) is 24.6 Å². The van der Waals surface area contributed by atoms with Crippen molar-refractivity contribution in [2.75, 3.05) is 6.61 Å². The van der Waals surface area contributed by atoms with Crippen LogP contribution in [0.5, 0.6) is 5.75 Å². The van der Waals surface area contributed by atoms with Crippen molar-refractivity contribution in [2.24, 2.45) is 0 Å². The Hall–Kier alpha value is -2.27. The fourth-order valence-corrected chi connectivity index (χ4v) is 3.26. The van der Waals surface area contributed by atoms with Crippen LogP contribution < -0.4 is 4.74 Å². The molecule has 0 aliphatic rings. The van der Waals surface area contributed by atoms with Crippen molar-refractivity contribution in [3.8, 4) is 17.1 Å². The summed E-state index contributed by atoms with van der Waals surface area (Å²) in [5, 5.41) is 0. The molecule has 0 saturated carbocycles. The number of carbonyl (C=O) groups is 1. The van der Waals surface area contributed by atoms with Crippen molar-refractivity contribution in [2.45, 2.75) is 91.1 Å². The lowest BCUT2D eigenvalue weighted by molar-refractivity contribution is -0.146. The minimum Gasteiger partial charge on any atom is -0.425 e. The number of carbonyl (C=O) groups excluding carboxylic acids is 1. The zero-order valence-corrected chi connectivity index (χ0v) is 19.4. The lowest BCUT2D eigenvalue weighted by atomic mass is 10.1. The highest BCUT2D eigenvalue weighted by atomic mass is 16.6. The van der Waals surface area contributed by atoms with E-state index in [-0.39, 0.29) is 5.97 Å². The molecule has 1 aromatic heterocycles. The number of aryl methyl sites for hydroxylation is 1. The van der Waals surface area contributed by atoms with Gasteiger partial charge in [-0.1, -0.05) is 58.8 Å². The van der Waals surface area contributed by atoms with E-state index in [9.17, 15) is 4.79 Å². The molecule has 1 unspecified atom stereocenters. The average molecular weight is 427 g/mol. The molecular weight excluding hydrogens is 388 g/mol. The molecule has 0 fully saturated rings. The maximum atomic E-state index is 12.1. The molecule has 0 aliphatic heterocycles. The van der Waals surface area contributed by atoms with Crippen LogP contribution in [0.25, 0.3) is 11.4 Å². The standard InChI is InChI=1S/C26H38N2O3/c1-4-6-8-9-10-11-12-13-22-19-27-25(28-20-22)23-14-16-24(17-15-23)31-26(29)21(3)30-18-7-5-2/h14-17,19-21H,4-13,18H2,1-3H3. The van der Waals surface area contributed by atoms with Crippen molar-refractivity contribution in [1.82, 2.24) is 9.97 Å². The lowest BCUT2D eigenvalue weighted by Crippen LogP contribution is -2.26. The highest BCUT2D eigenvalue weighted by Crippen LogP contribution is 2.20. The maximum Gasteiger partial charge on any atom is 0.340 e. The third kappa shape index (κ3) is 9.60. The highest BCUT2D eigenvalue weighted by Gasteiger charge is 2.15. The van der Waals surface area contributed by atoms with Gasteiger partial charge in [-0.3, -0.25) is 0 Å². The summed E-state index contributed by atoms with van der Waals surface area (Å²) in [6.07, 6.45) is 15.4. The number of rotatable bonds is 15. The normalized spacial score (nSPS) is 12.0. The predicted molar refractivity (Wildman–Crippen MR) is 125 cm³/mol. The van der Waals surface area contributed by atoms with Crippen LogP contribution in [-0.4, -0.2) is 28.6 Å². The number of esters is 1. The molecule has 1 atom stereocenters. The Labute approximate surface area is 187 Å². The number of hydrogen-bond acceptors (Lipinski definition) is 5. The third-order valence-electron chi connectivity index (χ3n) is 5.30. The predicted octanol–water partition coefficient (Wildman–Crippen LogP) is 6.55. The summed E-state index contributed by atoms with van der Waals surface area (Å²) < 4.78 is 10.9. The molecule has 0 radical (unpaired) electrons. The molecule has 31 heavy (non-hydrogen) atoms. The van der Waals surface area contributed by atoms with Crippen LogP contribution in [-0.2, 0) is 16.0 Å². The summed E-state index contributed by atoms with van der Waals surface area (Å²) in [4.78, 5) is 21.1. The second kappa shape index (κ2) is 14.7. The van der Waals surface area contributed by atoms with Crippen molar-refractivity contribution in [3.05, 3.63) is 42.2 Å². The summed E-state index contributed by atoms with van der Waals surface area (Å²) in [5.74, 6) is 0.794. The van der Waals surface area contributed by atoms with Crippen LogP contribution in [0.15, 0.2) is 36.7 Å². The molecule has 170 valence electrons. The van der Waals surface area contributed by atoms with E-state index in [0.717, 1.165) is 24.8 Å². The minimum atomic E-state index is -0.571. The summed E-state index contributed by atoms with van der Waals surface area (Å²) in [6.45, 7) is 6.62. The van der Waals surface area contributed by atoms with Gasteiger partial charge >= 0.3 is 5.97 Å². The van der Waals surface area contributed by atoms with Crippen LogP contribution in [0, 0.1) is 0 Å². The van der Waals surface area contributed by atoms with Crippen molar-refractivity contribution in [1.29, 1.82) is 0 Å². The van der Waals surface area contributed by atoms with Crippen LogP contribution in [0.4, 0.5) is 0 Å². The first-order valence-corrected chi connectivity index (χ1v) is 11.9. The van der Waals surface area contributed by atoms with Crippen LogP contribution in [0.1, 0.15) is 84.1 Å². The monoisotopic (exact) mass is 426 g/mol. The van der Waals surface area contributed by atoms with E-state index in [1.165, 1.54) is 50.5 Å². The molecule has 0 N–H and O–H groups in total. The molecule has 2 rings (SSSR count). The summed E-state index contributed by atoms with van der Waals surface area (Å²) in [7, 11) is 0. The Bertz CT molecular complexity index is 744. The molecular formula is C26H38N2O3. The van der Waals surface area contributed by atoms with E-state index in [4.69, 9.17) is 9.47 Å². The second-order valence-electron chi connectivity index (χ2n) is 8.10. The molecule has 1 aromatic carbocycles. The molecule has 0 bridgehead atoms. The fourth-order valence-electron chi connectivity index (χ4n) is 3.26. The van der Waals surface area contributed by atoms with Gasteiger partial charge in [0.15, 0.2) is 11.9 Å². The molecule has 0 amide bonds. The summed E-state index contributed by atoms with van der Waals surface area (Å²) >= 11 is 0. The Balaban J connectivity index is 1.77. The van der Waals surface area contributed by atoms with Gasteiger partial charge in [-0.15, -0.1) is 0 Å². The van der Waals surface area contributed by atoms with E-state index < -0.39 is 6.10 Å². The molecule has 0 saturated heterocycles. The quantitative estimate of drug-likeness (QED) is 0.184. The smallest absolute Gasteiger partial charge is 0.340 e. The van der Waals surface area contributed by atoms with Crippen LogP contribution in [0.3, 0.4) is 0 Å². The van der Waals surface area contributed by atoms with Gasteiger partial charge in [0.2, 0.25) is 0 Å². The highest BCUT2D eigenvalue weighted by molar-refractivity contribution is 5.77. The molecule has 2 aromatic rings. The number of unbranched alkanes of at least 4 members (excludes halogenated alkanes) is 7. The maximum absolute atomic E-state index is 12.1. The van der Waals surface area contributed by atoms with E-state index in [0.29, 0.717) is 18.2 Å². The number of hydrogen-bond donors (Lipinski definition) is 0. The largest absolute Gasteiger partial charge is 0.425 e. The van der Waals surface area contributed by atoms with Gasteiger partial charge in [0.05, 0.1) is 0 Å². The molecule has 5 nitrogen and oxygen atoms in total. The first-order valence-electron chi connectivity index (χ1n) is 11.9. The van der Waals surface area contributed by atoms with Gasteiger partial charge in [-0.25, -0.2) is 14.8 Å². The van der Waals surface area contributed by atoms with E-state index in [2.05, 4.69) is 23.8 Å². The zero-order chi connectivity index (χ0) is 22.3. The second-order valence-corrected chi connectivity index (χ2v) is 8.10. The van der Waals surface area contributed by atoms with Gasteiger partial charge in [0.1, 0.15) is 5.75 Å². The number of aromatic nitrogens is 2. The topological polar surface area (TPSA) is 61.3 Å². The van der Waals surface area contributed by atoms with Gasteiger partial charge < -0.3 is 9.47 Å². The SMILES string of the molecule is CCCCCCCCCc1cnc(-c2ccc(OC(=O)C(C)OCCCC)cc2)nc1. The number of ether oxygens (including phenoxy) is 2. The van der Waals surface area contributed by atoms with Crippen molar-refractivity contribution in [3.63, 3.8) is 0 Å². The van der Waals surface area contributed by atoms with Crippen LogP contribution in [0.2, 0.25) is 0 Å². The van der Waals surface area contributed by atoms with Crippen LogP contribution >= 0.6 is 0 Å². The third-order valence-corrected chi connectivity index (χ3v) is 5.30. The van der Waals surface area contributed by atoms with E-state index >= 15 is 0 Å². The van der Waals surface area contributed by atoms with Gasteiger partial charge in [-0.2, -0.15) is 0 Å². The Morgan fingerprint density at radius 1 is 0.871 bits per heavy atom. The Morgan fingerprint density at radius 3 is 2.13 bits per heavy atom. The Morgan fingerprint density at radius 2 is 1.48 bits per heavy atom.